The smallest absolute Gasteiger partial charge is 0.221 e. The Hall–Kier alpha value is -3.41. The molecule has 3 atom stereocenters. The van der Waals surface area contributed by atoms with Gasteiger partial charge in [0.2, 0.25) is 11.7 Å². The molecule has 3 unspecified atom stereocenters. The maximum Gasteiger partial charge on any atom is 0.221 e. The highest BCUT2D eigenvalue weighted by Crippen LogP contribution is 2.49. The minimum absolute atomic E-state index is 0.0237. The van der Waals surface area contributed by atoms with E-state index in [9.17, 15) is 9.50 Å². The van der Waals surface area contributed by atoms with Gasteiger partial charge in [-0.15, -0.1) is 0 Å². The fourth-order valence-electron chi connectivity index (χ4n) is 4.43. The van der Waals surface area contributed by atoms with Crippen molar-refractivity contribution < 1.29 is 19.1 Å². The van der Waals surface area contributed by atoms with Crippen LogP contribution in [0, 0.1) is 18.3 Å². The molecule has 0 bridgehead atoms. The van der Waals surface area contributed by atoms with E-state index in [0.717, 1.165) is 5.57 Å². The van der Waals surface area contributed by atoms with E-state index >= 15 is 0 Å². The van der Waals surface area contributed by atoms with Gasteiger partial charge in [-0.1, -0.05) is 23.8 Å². The van der Waals surface area contributed by atoms with E-state index in [4.69, 9.17) is 21.9 Å². The van der Waals surface area contributed by atoms with E-state index in [2.05, 4.69) is 15.9 Å². The van der Waals surface area contributed by atoms with Gasteiger partial charge >= 0.3 is 0 Å². The second-order valence-corrected chi connectivity index (χ2v) is 8.61. The molecule has 2 aliphatic rings. The predicted octanol–water partition coefficient (Wildman–Crippen LogP) is 4.50. The first-order valence-corrected chi connectivity index (χ1v) is 10.8. The van der Waals surface area contributed by atoms with Crippen molar-refractivity contribution in [1.82, 2.24) is 5.06 Å². The summed E-state index contributed by atoms with van der Waals surface area (Å²) in [6, 6.07) is 9.58. The molecule has 2 heterocycles. The van der Waals surface area contributed by atoms with Crippen molar-refractivity contribution in [3.05, 3.63) is 70.8 Å². The van der Waals surface area contributed by atoms with Crippen LogP contribution < -0.4 is 10.5 Å². The summed E-state index contributed by atoms with van der Waals surface area (Å²) in [5.41, 5.74) is 7.95. The number of rotatable bonds is 5. The molecule has 7 nitrogen and oxygen atoms in total. The Bertz CT molecular complexity index is 1170. The Labute approximate surface area is 192 Å². The zero-order chi connectivity index (χ0) is 23.8. The monoisotopic (exact) mass is 450 g/mol. The number of ether oxygens (including phenoxy) is 1. The molecule has 172 valence electrons. The summed E-state index contributed by atoms with van der Waals surface area (Å²) in [7, 11) is 1.68. The van der Waals surface area contributed by atoms with Crippen molar-refractivity contribution in [2.75, 3.05) is 13.7 Å². The number of guanidine groups is 1. The van der Waals surface area contributed by atoms with Crippen LogP contribution in [-0.4, -0.2) is 35.9 Å². The number of benzene rings is 2. The third-order valence-electron chi connectivity index (χ3n) is 5.94. The second-order valence-electron chi connectivity index (χ2n) is 8.61. The molecule has 0 saturated heterocycles. The standard InChI is InChI=1S/C25H27FN4O3/c1-15(2)11-17(9-10-31)23-14-25(29-24(27)30(4)33-25)20-12-16(5-8-22(20)32-23)19-13-18(28-3)6-7-21(19)26/h5-8,11-13,17,23,31H,9-10,14H2,1-2,4H3,(H2,27,29). The molecule has 2 aromatic carbocycles. The summed E-state index contributed by atoms with van der Waals surface area (Å²) < 4.78 is 21.0. The molecular weight excluding hydrogens is 423 g/mol. The maximum absolute atomic E-state index is 14.6. The van der Waals surface area contributed by atoms with Crippen LogP contribution in [0.5, 0.6) is 5.75 Å². The highest BCUT2D eigenvalue weighted by molar-refractivity contribution is 5.79. The molecule has 2 aromatic rings. The summed E-state index contributed by atoms with van der Waals surface area (Å²) in [6.45, 7) is 11.3. The highest BCUT2D eigenvalue weighted by Gasteiger charge is 2.50. The Morgan fingerprint density at radius 2 is 2.18 bits per heavy atom. The fraction of sp³-hybridized carbons (Fsp3) is 0.360. The average Bonchev–Trinajstić information content (AvgIpc) is 3.06. The van der Waals surface area contributed by atoms with Gasteiger partial charge in [-0.2, -0.15) is 0 Å². The first-order valence-electron chi connectivity index (χ1n) is 10.8. The Morgan fingerprint density at radius 3 is 2.82 bits per heavy atom. The number of hydroxylamine groups is 2. The molecule has 0 amide bonds. The van der Waals surface area contributed by atoms with Crippen LogP contribution in [-0.2, 0) is 10.6 Å². The fourth-order valence-corrected chi connectivity index (χ4v) is 4.43. The van der Waals surface area contributed by atoms with Crippen LogP contribution in [0.4, 0.5) is 10.1 Å². The van der Waals surface area contributed by atoms with E-state index in [-0.39, 0.29) is 24.6 Å². The maximum atomic E-state index is 14.6. The Balaban J connectivity index is 1.83. The Kier molecular flexibility index (Phi) is 6.11. The summed E-state index contributed by atoms with van der Waals surface area (Å²) >= 11 is 0. The molecule has 0 aromatic heterocycles. The molecule has 4 rings (SSSR count). The number of halogens is 1. The van der Waals surface area contributed by atoms with Crippen LogP contribution in [0.3, 0.4) is 0 Å². The van der Waals surface area contributed by atoms with Crippen molar-refractivity contribution in [3.63, 3.8) is 0 Å². The van der Waals surface area contributed by atoms with Gasteiger partial charge in [-0.3, -0.25) is 0 Å². The van der Waals surface area contributed by atoms with Crippen LogP contribution in [0.15, 0.2) is 53.0 Å². The normalized spacial score (nSPS) is 22.2. The minimum atomic E-state index is -1.13. The molecule has 8 heteroatoms. The topological polar surface area (TPSA) is 84.7 Å². The molecule has 0 aliphatic carbocycles. The lowest BCUT2D eigenvalue weighted by Crippen LogP contribution is -2.42. The highest BCUT2D eigenvalue weighted by atomic mass is 19.1. The third-order valence-corrected chi connectivity index (χ3v) is 5.94. The lowest BCUT2D eigenvalue weighted by atomic mass is 9.84. The molecule has 0 fully saturated rings. The van der Waals surface area contributed by atoms with Crippen molar-refractivity contribution >= 4 is 11.6 Å². The number of hydrogen-bond acceptors (Lipinski definition) is 6. The summed E-state index contributed by atoms with van der Waals surface area (Å²) in [4.78, 5) is 14.2. The van der Waals surface area contributed by atoms with Crippen molar-refractivity contribution in [1.29, 1.82) is 0 Å². The number of aliphatic hydroxyl groups is 1. The van der Waals surface area contributed by atoms with Gasteiger partial charge in [0.1, 0.15) is 17.7 Å². The zero-order valence-corrected chi connectivity index (χ0v) is 18.9. The van der Waals surface area contributed by atoms with E-state index in [1.165, 1.54) is 23.3 Å². The summed E-state index contributed by atoms with van der Waals surface area (Å²) in [5, 5.41) is 11.0. The number of nitrogens with two attached hydrogens (primary N) is 1. The predicted molar refractivity (Wildman–Crippen MR) is 124 cm³/mol. The van der Waals surface area contributed by atoms with Gasteiger partial charge in [-0.05, 0) is 50.1 Å². The van der Waals surface area contributed by atoms with E-state index < -0.39 is 11.5 Å². The van der Waals surface area contributed by atoms with Crippen molar-refractivity contribution in [2.24, 2.45) is 16.6 Å². The van der Waals surface area contributed by atoms with Gasteiger partial charge in [0.25, 0.3) is 0 Å². The molecule has 1 spiro atoms. The first kappa shape index (κ1) is 22.8. The number of aliphatic hydroxyl groups excluding tert-OH is 1. The number of allylic oxidation sites excluding steroid dienone is 1. The van der Waals surface area contributed by atoms with Gasteiger partial charge in [-0.25, -0.2) is 24.1 Å². The van der Waals surface area contributed by atoms with E-state index in [1.807, 2.05) is 13.8 Å². The summed E-state index contributed by atoms with van der Waals surface area (Å²) in [6.07, 6.45) is 2.68. The lowest BCUT2D eigenvalue weighted by molar-refractivity contribution is -0.193. The van der Waals surface area contributed by atoms with Gasteiger partial charge in [0.05, 0.1) is 12.1 Å². The number of nitrogens with zero attached hydrogens (tertiary/aromatic N) is 3. The van der Waals surface area contributed by atoms with Crippen LogP contribution in [0.25, 0.3) is 16.0 Å². The lowest BCUT2D eigenvalue weighted by Gasteiger charge is -2.39. The van der Waals surface area contributed by atoms with Crippen molar-refractivity contribution in [3.8, 4) is 16.9 Å². The van der Waals surface area contributed by atoms with Crippen LogP contribution >= 0.6 is 0 Å². The molecule has 0 radical (unpaired) electrons. The number of fused-ring (bicyclic) bond motifs is 2. The van der Waals surface area contributed by atoms with Gasteiger partial charge in [0, 0.05) is 31.6 Å². The largest absolute Gasteiger partial charge is 0.489 e. The first-order chi connectivity index (χ1) is 15.8. The van der Waals surface area contributed by atoms with Gasteiger partial charge in [0.15, 0.2) is 5.69 Å². The SMILES string of the molecule is [C-]#[N+]c1ccc(F)c(-c2ccc3c(c2)C2(CC(C(C=C(C)C)CCO)O3)N=C(N)N(C)O2)c1. The zero-order valence-electron chi connectivity index (χ0n) is 18.9. The van der Waals surface area contributed by atoms with Crippen LogP contribution in [0.2, 0.25) is 0 Å². The molecule has 3 N–H and O–H groups in total. The quantitative estimate of drug-likeness (QED) is 0.517. The molecule has 0 saturated carbocycles. The molecule has 2 aliphatic heterocycles. The Morgan fingerprint density at radius 1 is 1.39 bits per heavy atom. The molecular formula is C25H27FN4O3. The third kappa shape index (κ3) is 4.30. The van der Waals surface area contributed by atoms with E-state index in [0.29, 0.717) is 41.0 Å². The minimum Gasteiger partial charge on any atom is -0.489 e. The number of hydrogen-bond donors (Lipinski definition) is 2. The van der Waals surface area contributed by atoms with Crippen LogP contribution in [0.1, 0.15) is 32.3 Å². The molecule has 33 heavy (non-hydrogen) atoms. The van der Waals surface area contributed by atoms with Gasteiger partial charge < -0.3 is 15.6 Å². The summed E-state index contributed by atoms with van der Waals surface area (Å²) in [5.74, 6) is 0.316. The van der Waals surface area contributed by atoms with E-state index in [1.54, 1.807) is 25.2 Å². The van der Waals surface area contributed by atoms with Crippen molar-refractivity contribution in [2.45, 2.75) is 38.5 Å². The second kappa shape index (κ2) is 8.85. The average molecular weight is 451 g/mol. The number of aliphatic imine (C=N–C) groups is 1.